The maximum atomic E-state index is 13.9. The highest BCUT2D eigenvalue weighted by Crippen LogP contribution is 2.44. The first-order chi connectivity index (χ1) is 15.0. The molecule has 5 nitrogen and oxygen atoms in total. The molecule has 0 saturated carbocycles. The minimum absolute atomic E-state index is 0.0864. The van der Waals surface area contributed by atoms with E-state index in [1.807, 2.05) is 0 Å². The van der Waals surface area contributed by atoms with Gasteiger partial charge in [0.05, 0.1) is 29.7 Å². The summed E-state index contributed by atoms with van der Waals surface area (Å²) in [7, 11) is -2.93. The zero-order chi connectivity index (χ0) is 23.5. The highest BCUT2D eigenvalue weighted by atomic mass is 32.2. The van der Waals surface area contributed by atoms with Gasteiger partial charge >= 0.3 is 12.1 Å². The van der Waals surface area contributed by atoms with Gasteiger partial charge < -0.3 is 9.84 Å². The van der Waals surface area contributed by atoms with E-state index in [0.717, 1.165) is 6.07 Å². The largest absolute Gasteiger partial charge is 0.496 e. The number of carboxylic acids is 1. The first-order valence-corrected chi connectivity index (χ1v) is 11.0. The van der Waals surface area contributed by atoms with Crippen molar-refractivity contribution in [3.8, 4) is 16.9 Å². The molecule has 3 aromatic carbocycles. The van der Waals surface area contributed by atoms with Crippen LogP contribution in [0.2, 0.25) is 0 Å². The Kier molecular flexibility index (Phi) is 6.59. The van der Waals surface area contributed by atoms with Crippen molar-refractivity contribution in [2.45, 2.75) is 23.2 Å². The molecule has 0 atom stereocenters. The molecule has 0 aliphatic heterocycles. The molecular weight excluding hydrogens is 445 g/mol. The van der Waals surface area contributed by atoms with E-state index in [4.69, 9.17) is 4.74 Å². The third kappa shape index (κ3) is 4.94. The smallest absolute Gasteiger partial charge is 0.416 e. The molecule has 0 aromatic heterocycles. The van der Waals surface area contributed by atoms with E-state index in [9.17, 15) is 31.5 Å². The second kappa shape index (κ2) is 9.04. The second-order valence-electron chi connectivity index (χ2n) is 6.96. The summed E-state index contributed by atoms with van der Waals surface area (Å²) in [6.07, 6.45) is -5.92. The van der Waals surface area contributed by atoms with Gasteiger partial charge in [-0.05, 0) is 34.9 Å². The van der Waals surface area contributed by atoms with Gasteiger partial charge in [-0.3, -0.25) is 4.79 Å². The van der Waals surface area contributed by atoms with Crippen LogP contribution in [-0.4, -0.2) is 26.6 Å². The van der Waals surface area contributed by atoms with Crippen LogP contribution >= 0.6 is 0 Å². The number of carbonyl (C=O) groups is 1. The molecule has 0 aliphatic carbocycles. The number of aliphatic carboxylic acids is 1. The summed E-state index contributed by atoms with van der Waals surface area (Å²) >= 11 is 0. The molecule has 0 aliphatic rings. The Morgan fingerprint density at radius 3 is 2.03 bits per heavy atom. The van der Waals surface area contributed by atoms with Crippen LogP contribution in [0.15, 0.2) is 71.6 Å². The zero-order valence-electron chi connectivity index (χ0n) is 16.9. The second-order valence-corrected chi connectivity index (χ2v) is 8.95. The summed E-state index contributed by atoms with van der Waals surface area (Å²) in [5.41, 5.74) is -1.59. The summed E-state index contributed by atoms with van der Waals surface area (Å²) in [6, 6.07) is 16.1. The molecule has 3 aromatic rings. The van der Waals surface area contributed by atoms with Gasteiger partial charge in [-0.1, -0.05) is 48.5 Å². The lowest BCUT2D eigenvalue weighted by molar-refractivity contribution is -0.139. The van der Waals surface area contributed by atoms with Crippen LogP contribution < -0.4 is 4.74 Å². The third-order valence-electron chi connectivity index (χ3n) is 4.87. The van der Waals surface area contributed by atoms with Gasteiger partial charge in [0.15, 0.2) is 9.84 Å². The minimum Gasteiger partial charge on any atom is -0.496 e. The molecule has 0 amide bonds. The summed E-state index contributed by atoms with van der Waals surface area (Å²) in [6.45, 7) is 0. The number of sulfone groups is 1. The zero-order valence-corrected chi connectivity index (χ0v) is 17.7. The standard InChI is InChI=1S/C23H19F3O5S/c1-31-20-13-19(23(24,25)26)17(12-21(27)28)18(22(20)15-8-4-2-5-9-15)14-32(29,30)16-10-6-3-7-11-16/h2-11,13H,12,14H2,1H3,(H,27,28). The van der Waals surface area contributed by atoms with Gasteiger partial charge in [0.1, 0.15) is 5.75 Å². The number of alkyl halides is 3. The first kappa shape index (κ1) is 23.3. The van der Waals surface area contributed by atoms with Crippen LogP contribution in [0.3, 0.4) is 0 Å². The molecule has 1 N–H and O–H groups in total. The van der Waals surface area contributed by atoms with Crippen molar-refractivity contribution in [2.24, 2.45) is 0 Å². The normalized spacial score (nSPS) is 11.9. The molecule has 0 spiro atoms. The molecule has 168 valence electrons. The fourth-order valence-corrected chi connectivity index (χ4v) is 4.94. The Morgan fingerprint density at radius 1 is 0.969 bits per heavy atom. The van der Waals surface area contributed by atoms with Gasteiger partial charge in [-0.25, -0.2) is 8.42 Å². The molecule has 0 fully saturated rings. The first-order valence-electron chi connectivity index (χ1n) is 9.39. The minimum atomic E-state index is -4.92. The summed E-state index contributed by atoms with van der Waals surface area (Å²) in [4.78, 5) is 11.4. The Balaban J connectivity index is 2.40. The number of ether oxygens (including phenoxy) is 1. The number of hydrogen-bond acceptors (Lipinski definition) is 4. The van der Waals surface area contributed by atoms with Crippen molar-refractivity contribution in [1.29, 1.82) is 0 Å². The van der Waals surface area contributed by atoms with Gasteiger partial charge in [0, 0.05) is 5.56 Å². The van der Waals surface area contributed by atoms with Crippen LogP contribution in [0.4, 0.5) is 13.2 Å². The molecule has 0 radical (unpaired) electrons. The van der Waals surface area contributed by atoms with E-state index in [-0.39, 0.29) is 21.8 Å². The summed E-state index contributed by atoms with van der Waals surface area (Å²) in [5.74, 6) is -2.54. The summed E-state index contributed by atoms with van der Waals surface area (Å²) in [5, 5.41) is 9.34. The third-order valence-corrected chi connectivity index (χ3v) is 6.52. The maximum absolute atomic E-state index is 13.9. The number of benzene rings is 3. The van der Waals surface area contributed by atoms with Gasteiger partial charge in [0.25, 0.3) is 0 Å². The van der Waals surface area contributed by atoms with E-state index in [1.165, 1.54) is 31.4 Å². The van der Waals surface area contributed by atoms with Crippen LogP contribution in [0.5, 0.6) is 5.75 Å². The van der Waals surface area contributed by atoms with E-state index >= 15 is 0 Å². The molecule has 3 rings (SSSR count). The molecule has 0 saturated heterocycles. The lowest BCUT2D eigenvalue weighted by Crippen LogP contribution is -2.18. The predicted molar refractivity (Wildman–Crippen MR) is 112 cm³/mol. The lowest BCUT2D eigenvalue weighted by Gasteiger charge is -2.22. The van der Waals surface area contributed by atoms with Crippen molar-refractivity contribution in [3.05, 3.63) is 83.4 Å². The summed E-state index contributed by atoms with van der Waals surface area (Å²) < 4.78 is 73.1. The Bertz CT molecular complexity index is 1220. The molecular formula is C23H19F3O5S. The van der Waals surface area contributed by atoms with Crippen molar-refractivity contribution >= 4 is 15.8 Å². The monoisotopic (exact) mass is 464 g/mol. The molecule has 0 heterocycles. The Labute approximate surface area is 183 Å². The number of hydrogen-bond donors (Lipinski definition) is 1. The highest BCUT2D eigenvalue weighted by Gasteiger charge is 2.38. The number of methoxy groups -OCH3 is 1. The van der Waals surface area contributed by atoms with Crippen molar-refractivity contribution < 1.29 is 36.2 Å². The van der Waals surface area contributed by atoms with E-state index < -0.39 is 45.3 Å². The van der Waals surface area contributed by atoms with Crippen LogP contribution in [-0.2, 0) is 33.0 Å². The van der Waals surface area contributed by atoms with Crippen LogP contribution in [0.1, 0.15) is 16.7 Å². The van der Waals surface area contributed by atoms with Crippen molar-refractivity contribution in [1.82, 2.24) is 0 Å². The van der Waals surface area contributed by atoms with E-state index in [2.05, 4.69) is 0 Å². The van der Waals surface area contributed by atoms with Crippen LogP contribution in [0.25, 0.3) is 11.1 Å². The van der Waals surface area contributed by atoms with Crippen molar-refractivity contribution in [2.75, 3.05) is 7.11 Å². The topological polar surface area (TPSA) is 80.7 Å². The maximum Gasteiger partial charge on any atom is 0.416 e. The Hall–Kier alpha value is -3.33. The van der Waals surface area contributed by atoms with Gasteiger partial charge in [0.2, 0.25) is 0 Å². The molecule has 32 heavy (non-hydrogen) atoms. The quantitative estimate of drug-likeness (QED) is 0.533. The van der Waals surface area contributed by atoms with Crippen molar-refractivity contribution in [3.63, 3.8) is 0 Å². The highest BCUT2D eigenvalue weighted by molar-refractivity contribution is 7.90. The Morgan fingerprint density at radius 2 is 1.53 bits per heavy atom. The average Bonchev–Trinajstić information content (AvgIpc) is 2.74. The molecule has 0 bridgehead atoms. The number of carboxylic acid groups (broad SMARTS) is 1. The number of halogens is 3. The van der Waals surface area contributed by atoms with Crippen LogP contribution in [0, 0.1) is 0 Å². The SMILES string of the molecule is COc1cc(C(F)(F)F)c(CC(=O)O)c(CS(=O)(=O)c2ccccc2)c1-c1ccccc1. The average molecular weight is 464 g/mol. The number of rotatable bonds is 7. The predicted octanol–water partition coefficient (Wildman–Crippen LogP) is 4.98. The van der Waals surface area contributed by atoms with Gasteiger partial charge in [-0.15, -0.1) is 0 Å². The van der Waals surface area contributed by atoms with E-state index in [1.54, 1.807) is 36.4 Å². The van der Waals surface area contributed by atoms with Gasteiger partial charge in [-0.2, -0.15) is 13.2 Å². The fraction of sp³-hybridized carbons (Fsp3) is 0.174. The molecule has 9 heteroatoms. The van der Waals surface area contributed by atoms with E-state index in [0.29, 0.717) is 5.56 Å². The lowest BCUT2D eigenvalue weighted by atomic mass is 9.89. The fourth-order valence-electron chi connectivity index (χ4n) is 3.50. The molecule has 0 unspecified atom stereocenters.